The van der Waals surface area contributed by atoms with Gasteiger partial charge in [-0.05, 0) is 31.0 Å². The lowest BCUT2D eigenvalue weighted by atomic mass is 10.0. The van der Waals surface area contributed by atoms with Crippen LogP contribution in [-0.4, -0.2) is 40.7 Å². The number of hydroxylamine groups is 2. The lowest BCUT2D eigenvalue weighted by Crippen LogP contribution is -2.35. The molecule has 1 N–H and O–H groups in total. The number of carbonyl (C=O) groups excluding carboxylic acids is 1. The number of nitrogens with zero attached hydrogens (tertiary/aromatic N) is 2. The molecule has 8 nitrogen and oxygen atoms in total. The first-order valence-electron chi connectivity index (χ1n) is 8.27. The maximum Gasteiger partial charge on any atom is 0.328 e. The van der Waals surface area contributed by atoms with Crippen LogP contribution in [0.15, 0.2) is 40.1 Å². The molecule has 8 heteroatoms. The molecular formula is C18H21N3O5. The third-order valence-corrected chi connectivity index (χ3v) is 4.53. The Balaban J connectivity index is 1.78. The minimum Gasteiger partial charge on any atom is -0.497 e. The van der Waals surface area contributed by atoms with Crippen LogP contribution >= 0.6 is 0 Å². The molecule has 2 atom stereocenters. The number of ether oxygens (including phenoxy) is 1. The first kappa shape index (κ1) is 18.1. The van der Waals surface area contributed by atoms with Gasteiger partial charge in [0.05, 0.1) is 31.4 Å². The maximum absolute atomic E-state index is 12.0. The predicted molar refractivity (Wildman–Crippen MR) is 94.3 cm³/mol. The summed E-state index contributed by atoms with van der Waals surface area (Å²) in [6.45, 7) is 1.53. The number of H-pyrrole nitrogens is 1. The van der Waals surface area contributed by atoms with Gasteiger partial charge in [-0.2, -0.15) is 5.06 Å². The Morgan fingerprint density at radius 3 is 2.62 bits per heavy atom. The summed E-state index contributed by atoms with van der Waals surface area (Å²) in [5.41, 5.74) is -0.185. The van der Waals surface area contributed by atoms with Crippen LogP contribution in [0, 0.1) is 0 Å². The van der Waals surface area contributed by atoms with Gasteiger partial charge in [0.15, 0.2) is 5.78 Å². The van der Waals surface area contributed by atoms with Gasteiger partial charge in [-0.15, -0.1) is 0 Å². The molecule has 0 spiro atoms. The first-order valence-corrected chi connectivity index (χ1v) is 8.27. The molecule has 1 saturated heterocycles. The fourth-order valence-electron chi connectivity index (χ4n) is 3.14. The zero-order chi connectivity index (χ0) is 18.8. The van der Waals surface area contributed by atoms with Gasteiger partial charge in [0, 0.05) is 13.2 Å². The van der Waals surface area contributed by atoms with Crippen molar-refractivity contribution in [1.29, 1.82) is 0 Å². The van der Waals surface area contributed by atoms with E-state index in [1.165, 1.54) is 17.7 Å². The Bertz CT molecular complexity index is 916. The molecule has 0 aliphatic carbocycles. The Morgan fingerprint density at radius 2 is 2.00 bits per heavy atom. The molecule has 138 valence electrons. The van der Waals surface area contributed by atoms with Crippen molar-refractivity contribution in [3.63, 3.8) is 0 Å². The summed E-state index contributed by atoms with van der Waals surface area (Å²) in [6, 6.07) is 7.78. The molecular weight excluding hydrogens is 338 g/mol. The molecule has 3 rings (SSSR count). The second kappa shape index (κ2) is 7.27. The standard InChI is InChI=1S/C18H21N3O5/c1-11(22)15-10-21(18(24)19-17(15)23)9-14-8-16(20(2)26-14)12-4-6-13(25-3)7-5-12/h4-7,10,14,16H,8-9H2,1-3H3,(H,19,23,24)/t14-,16-/m0/s1. The smallest absolute Gasteiger partial charge is 0.328 e. The molecule has 1 fully saturated rings. The van der Waals surface area contributed by atoms with E-state index in [-0.39, 0.29) is 30.0 Å². The van der Waals surface area contributed by atoms with Crippen molar-refractivity contribution in [2.24, 2.45) is 0 Å². The summed E-state index contributed by atoms with van der Waals surface area (Å²) in [5, 5.41) is 1.76. The highest BCUT2D eigenvalue weighted by molar-refractivity contribution is 5.93. The third-order valence-electron chi connectivity index (χ3n) is 4.53. The van der Waals surface area contributed by atoms with Crippen LogP contribution in [-0.2, 0) is 11.4 Å². The minimum absolute atomic E-state index is 0.0386. The molecule has 1 aliphatic heterocycles. The van der Waals surface area contributed by atoms with Crippen LogP contribution in [0.2, 0.25) is 0 Å². The van der Waals surface area contributed by atoms with E-state index in [1.54, 1.807) is 12.2 Å². The van der Waals surface area contributed by atoms with Crippen LogP contribution in [0.3, 0.4) is 0 Å². The molecule has 0 bridgehead atoms. The lowest BCUT2D eigenvalue weighted by Gasteiger charge is -2.18. The van der Waals surface area contributed by atoms with Crippen molar-refractivity contribution in [2.45, 2.75) is 32.0 Å². The normalized spacial score (nSPS) is 20.3. The average molecular weight is 359 g/mol. The number of hydrogen-bond acceptors (Lipinski definition) is 6. The van der Waals surface area contributed by atoms with Crippen molar-refractivity contribution in [3.05, 3.63) is 62.4 Å². The van der Waals surface area contributed by atoms with Crippen LogP contribution in [0.4, 0.5) is 0 Å². The number of aromatic nitrogens is 2. The SMILES string of the molecule is COc1ccc([C@@H]2C[C@@H](Cn3cc(C(C)=O)c(=O)[nH]c3=O)ON2C)cc1. The molecule has 0 saturated carbocycles. The summed E-state index contributed by atoms with van der Waals surface area (Å²) in [7, 11) is 3.46. The topological polar surface area (TPSA) is 93.6 Å². The van der Waals surface area contributed by atoms with Gasteiger partial charge < -0.3 is 4.74 Å². The van der Waals surface area contributed by atoms with Gasteiger partial charge in [0.25, 0.3) is 5.56 Å². The Kier molecular flexibility index (Phi) is 5.06. The fraction of sp³-hybridized carbons (Fsp3) is 0.389. The number of rotatable bonds is 5. The van der Waals surface area contributed by atoms with Crippen LogP contribution in [0.1, 0.15) is 35.3 Å². The van der Waals surface area contributed by atoms with E-state index in [0.29, 0.717) is 6.42 Å². The molecule has 0 unspecified atom stereocenters. The Hall–Kier alpha value is -2.71. The zero-order valence-electron chi connectivity index (χ0n) is 14.9. The number of ketones is 1. The second-order valence-corrected chi connectivity index (χ2v) is 6.31. The number of hydrogen-bond donors (Lipinski definition) is 1. The highest BCUT2D eigenvalue weighted by atomic mass is 16.7. The number of methoxy groups -OCH3 is 1. The highest BCUT2D eigenvalue weighted by Crippen LogP contribution is 2.33. The number of benzene rings is 1. The van der Waals surface area contributed by atoms with Crippen LogP contribution < -0.4 is 16.0 Å². The molecule has 26 heavy (non-hydrogen) atoms. The van der Waals surface area contributed by atoms with E-state index in [9.17, 15) is 14.4 Å². The third kappa shape index (κ3) is 3.61. The van der Waals surface area contributed by atoms with E-state index < -0.39 is 11.2 Å². The van der Waals surface area contributed by atoms with Gasteiger partial charge in [0.1, 0.15) is 5.75 Å². The maximum atomic E-state index is 12.0. The van der Waals surface area contributed by atoms with Crippen LogP contribution in [0.25, 0.3) is 0 Å². The minimum atomic E-state index is -0.667. The summed E-state index contributed by atoms with van der Waals surface area (Å²) in [5.74, 6) is 0.393. The molecule has 2 aromatic rings. The summed E-state index contributed by atoms with van der Waals surface area (Å²) >= 11 is 0. The van der Waals surface area contributed by atoms with Crippen molar-refractivity contribution in [3.8, 4) is 5.75 Å². The monoisotopic (exact) mass is 359 g/mol. The number of nitrogens with one attached hydrogen (secondary N) is 1. The van der Waals surface area contributed by atoms with Crippen LogP contribution in [0.5, 0.6) is 5.75 Å². The fourth-order valence-corrected chi connectivity index (χ4v) is 3.14. The van der Waals surface area contributed by atoms with E-state index in [4.69, 9.17) is 9.57 Å². The number of aromatic amines is 1. The largest absolute Gasteiger partial charge is 0.497 e. The quantitative estimate of drug-likeness (QED) is 0.804. The second-order valence-electron chi connectivity index (χ2n) is 6.31. The highest BCUT2D eigenvalue weighted by Gasteiger charge is 2.32. The van der Waals surface area contributed by atoms with Crippen molar-refractivity contribution >= 4 is 5.78 Å². The summed E-state index contributed by atoms with van der Waals surface area (Å²) in [4.78, 5) is 43.2. The van der Waals surface area contributed by atoms with E-state index in [1.807, 2.05) is 31.3 Å². The molecule has 1 aliphatic rings. The van der Waals surface area contributed by atoms with Crippen molar-refractivity contribution < 1.29 is 14.4 Å². The Morgan fingerprint density at radius 1 is 1.31 bits per heavy atom. The predicted octanol–water partition coefficient (Wildman–Crippen LogP) is 1.12. The summed E-state index contributed by atoms with van der Waals surface area (Å²) in [6.07, 6.45) is 1.72. The van der Waals surface area contributed by atoms with Gasteiger partial charge in [-0.1, -0.05) is 12.1 Å². The van der Waals surface area contributed by atoms with E-state index >= 15 is 0 Å². The average Bonchev–Trinajstić information content (AvgIpc) is 2.97. The summed E-state index contributed by atoms with van der Waals surface area (Å²) < 4.78 is 6.49. The molecule has 1 aromatic carbocycles. The van der Waals surface area contributed by atoms with Gasteiger partial charge in [-0.3, -0.25) is 24.0 Å². The van der Waals surface area contributed by atoms with E-state index in [2.05, 4.69) is 4.98 Å². The Labute approximate surface area is 149 Å². The molecule has 0 radical (unpaired) electrons. The van der Waals surface area contributed by atoms with E-state index in [0.717, 1.165) is 11.3 Å². The molecule has 0 amide bonds. The van der Waals surface area contributed by atoms with Gasteiger partial charge in [0.2, 0.25) is 0 Å². The number of Topliss-reactive ketones (excluding diaryl/α,β-unsaturated/α-hetero) is 1. The van der Waals surface area contributed by atoms with Gasteiger partial charge >= 0.3 is 5.69 Å². The molecule has 2 heterocycles. The molecule has 1 aromatic heterocycles. The van der Waals surface area contributed by atoms with Crippen molar-refractivity contribution in [1.82, 2.24) is 14.6 Å². The van der Waals surface area contributed by atoms with Crippen molar-refractivity contribution in [2.75, 3.05) is 14.2 Å². The number of carbonyl (C=O) groups is 1. The zero-order valence-corrected chi connectivity index (χ0v) is 14.9. The lowest BCUT2D eigenvalue weighted by molar-refractivity contribution is -0.147. The first-order chi connectivity index (χ1) is 12.4. The van der Waals surface area contributed by atoms with Gasteiger partial charge in [-0.25, -0.2) is 4.79 Å².